The molecule has 0 bridgehead atoms. The lowest BCUT2D eigenvalue weighted by Gasteiger charge is -2.00. The zero-order chi connectivity index (χ0) is 13.7. The van der Waals surface area contributed by atoms with Crippen molar-refractivity contribution in [2.45, 2.75) is 6.54 Å². The van der Waals surface area contributed by atoms with Gasteiger partial charge in [-0.25, -0.2) is 0 Å². The molecule has 0 amide bonds. The summed E-state index contributed by atoms with van der Waals surface area (Å²) in [6, 6.07) is 12.0. The lowest BCUT2D eigenvalue weighted by Crippen LogP contribution is -2.36. The number of aliphatic imine (C=N–C) groups is 1. The molecule has 0 unspecified atom stereocenters. The van der Waals surface area contributed by atoms with E-state index in [1.165, 1.54) is 0 Å². The molecule has 2 rings (SSSR count). The number of nitriles is 1. The van der Waals surface area contributed by atoms with Crippen molar-refractivity contribution in [3.63, 3.8) is 0 Å². The first-order valence-electron chi connectivity index (χ1n) is 5.83. The monoisotopic (exact) mass is 255 g/mol. The number of hydrogen-bond donors (Lipinski definition) is 1. The summed E-state index contributed by atoms with van der Waals surface area (Å²) in [6.45, 7) is 0.593. The molecule has 96 valence electrons. The second kappa shape index (κ2) is 5.78. The van der Waals surface area contributed by atoms with Gasteiger partial charge in [0, 0.05) is 14.1 Å². The summed E-state index contributed by atoms with van der Waals surface area (Å²) in [7, 11) is 3.74. The summed E-state index contributed by atoms with van der Waals surface area (Å²) < 4.78 is 1.74. The van der Waals surface area contributed by atoms with Crippen LogP contribution in [-0.4, -0.2) is 35.6 Å². The van der Waals surface area contributed by atoms with Crippen LogP contribution in [0.1, 0.15) is 11.3 Å². The van der Waals surface area contributed by atoms with E-state index in [9.17, 15) is 0 Å². The second-order valence-corrected chi connectivity index (χ2v) is 4.28. The minimum Gasteiger partial charge on any atom is -0.355 e. The van der Waals surface area contributed by atoms with Crippen LogP contribution in [0, 0.1) is 11.3 Å². The maximum atomic E-state index is 9.03. The highest BCUT2D eigenvalue weighted by atomic mass is 15.5. The topological polar surface area (TPSA) is 71.9 Å². The van der Waals surface area contributed by atoms with E-state index in [4.69, 9.17) is 5.26 Å². The molecule has 6 heteroatoms. The Bertz CT molecular complexity index is 606. The average molecular weight is 255 g/mol. The molecular formula is C13H15N6+. The number of benzene rings is 1. The van der Waals surface area contributed by atoms with Gasteiger partial charge >= 0.3 is 11.5 Å². The first kappa shape index (κ1) is 12.8. The maximum absolute atomic E-state index is 9.03. The van der Waals surface area contributed by atoms with Crippen LogP contribution >= 0.6 is 0 Å². The molecule has 0 saturated heterocycles. The molecule has 0 aliphatic carbocycles. The van der Waals surface area contributed by atoms with E-state index in [1.54, 1.807) is 15.9 Å². The van der Waals surface area contributed by atoms with Crippen LogP contribution in [0.2, 0.25) is 0 Å². The normalized spacial score (nSPS) is 10.6. The fourth-order valence-corrected chi connectivity index (χ4v) is 1.59. The zero-order valence-electron chi connectivity index (χ0n) is 10.9. The van der Waals surface area contributed by atoms with Crippen LogP contribution in [0.3, 0.4) is 0 Å². The van der Waals surface area contributed by atoms with Gasteiger partial charge < -0.3 is 4.90 Å². The van der Waals surface area contributed by atoms with E-state index in [1.807, 2.05) is 50.5 Å². The van der Waals surface area contributed by atoms with E-state index in [0.29, 0.717) is 12.4 Å². The predicted molar refractivity (Wildman–Crippen MR) is 70.9 cm³/mol. The van der Waals surface area contributed by atoms with Crippen LogP contribution in [0.25, 0.3) is 0 Å². The summed E-state index contributed by atoms with van der Waals surface area (Å²) in [5, 5.41) is 15.8. The van der Waals surface area contributed by atoms with Crippen LogP contribution in [0.5, 0.6) is 0 Å². The SMILES string of the molecule is CN(C)C=Nc1c(C#N)n[nH][n+]1Cc1ccccc1. The lowest BCUT2D eigenvalue weighted by atomic mass is 10.2. The third kappa shape index (κ3) is 3.16. The zero-order valence-corrected chi connectivity index (χ0v) is 10.9. The minimum atomic E-state index is 0.286. The molecule has 1 aromatic carbocycles. The molecule has 19 heavy (non-hydrogen) atoms. The highest BCUT2D eigenvalue weighted by Gasteiger charge is 2.20. The molecule has 1 aromatic heterocycles. The molecule has 0 aliphatic rings. The Balaban J connectivity index is 2.31. The van der Waals surface area contributed by atoms with Gasteiger partial charge in [0.15, 0.2) is 6.34 Å². The Hall–Kier alpha value is -2.68. The van der Waals surface area contributed by atoms with Gasteiger partial charge in [-0.2, -0.15) is 9.94 Å². The van der Waals surface area contributed by atoms with Crippen molar-refractivity contribution in [3.8, 4) is 6.07 Å². The highest BCUT2D eigenvalue weighted by molar-refractivity contribution is 5.59. The van der Waals surface area contributed by atoms with Crippen LogP contribution in [0.4, 0.5) is 5.82 Å². The van der Waals surface area contributed by atoms with Gasteiger partial charge in [0.05, 0.1) is 0 Å². The van der Waals surface area contributed by atoms with Gasteiger partial charge in [-0.1, -0.05) is 35.3 Å². The third-order valence-electron chi connectivity index (χ3n) is 2.45. The number of nitrogens with one attached hydrogen (secondary N) is 1. The van der Waals surface area contributed by atoms with E-state index >= 15 is 0 Å². The van der Waals surface area contributed by atoms with Crippen molar-refractivity contribution in [2.75, 3.05) is 14.1 Å². The van der Waals surface area contributed by atoms with Crippen molar-refractivity contribution in [3.05, 3.63) is 41.6 Å². The van der Waals surface area contributed by atoms with Crippen molar-refractivity contribution in [1.29, 1.82) is 5.26 Å². The molecule has 1 N–H and O–H groups in total. The Morgan fingerprint density at radius 1 is 1.42 bits per heavy atom. The molecule has 6 nitrogen and oxygen atoms in total. The number of H-pyrrole nitrogens is 1. The Kier molecular flexibility index (Phi) is 3.88. The molecular weight excluding hydrogens is 240 g/mol. The van der Waals surface area contributed by atoms with E-state index in [2.05, 4.69) is 15.3 Å². The summed E-state index contributed by atoms with van der Waals surface area (Å²) in [6.07, 6.45) is 1.65. The standard InChI is InChI=1S/C13H14N6/c1-18(2)10-15-13-12(8-14)16-17-19(13)9-11-6-4-3-5-7-11/h3-7,10H,9H2,1-2H3/p+1. The van der Waals surface area contributed by atoms with E-state index in [-0.39, 0.29) is 5.69 Å². The van der Waals surface area contributed by atoms with Crippen LogP contribution in [-0.2, 0) is 6.54 Å². The summed E-state index contributed by atoms with van der Waals surface area (Å²) in [5.74, 6) is 0.528. The van der Waals surface area contributed by atoms with Crippen molar-refractivity contribution >= 4 is 12.2 Å². The number of nitrogens with zero attached hydrogens (tertiary/aromatic N) is 5. The van der Waals surface area contributed by atoms with Gasteiger partial charge in [-0.3, -0.25) is 0 Å². The third-order valence-corrected chi connectivity index (χ3v) is 2.45. The molecule has 0 atom stereocenters. The maximum Gasteiger partial charge on any atom is 0.338 e. The Morgan fingerprint density at radius 2 is 2.16 bits per heavy atom. The average Bonchev–Trinajstić information content (AvgIpc) is 2.79. The number of aromatic nitrogens is 3. The molecule has 0 aliphatic heterocycles. The highest BCUT2D eigenvalue weighted by Crippen LogP contribution is 2.09. The summed E-state index contributed by atoms with van der Waals surface area (Å²) >= 11 is 0. The van der Waals surface area contributed by atoms with Crippen molar-refractivity contribution in [1.82, 2.24) is 15.2 Å². The molecule has 0 fully saturated rings. The molecule has 0 radical (unpaired) electrons. The first-order chi connectivity index (χ1) is 9.20. The van der Waals surface area contributed by atoms with Gasteiger partial charge in [0.1, 0.15) is 12.6 Å². The fourth-order valence-electron chi connectivity index (χ4n) is 1.59. The Morgan fingerprint density at radius 3 is 2.79 bits per heavy atom. The number of rotatable bonds is 4. The first-order valence-corrected chi connectivity index (χ1v) is 5.83. The minimum absolute atomic E-state index is 0.286. The number of aromatic amines is 1. The van der Waals surface area contributed by atoms with Crippen LogP contribution in [0.15, 0.2) is 35.3 Å². The quantitative estimate of drug-likeness (QED) is 0.500. The van der Waals surface area contributed by atoms with Crippen LogP contribution < -0.4 is 4.68 Å². The van der Waals surface area contributed by atoms with Gasteiger partial charge in [-0.05, 0) is 10.7 Å². The smallest absolute Gasteiger partial charge is 0.338 e. The fraction of sp³-hybridized carbons (Fsp3) is 0.231. The molecule has 0 saturated carbocycles. The van der Waals surface area contributed by atoms with E-state index < -0.39 is 0 Å². The molecule has 0 spiro atoms. The predicted octanol–water partition coefficient (Wildman–Crippen LogP) is 0.839. The van der Waals surface area contributed by atoms with Gasteiger partial charge in [0.25, 0.3) is 0 Å². The Labute approximate surface area is 111 Å². The van der Waals surface area contributed by atoms with Gasteiger partial charge in [0.2, 0.25) is 0 Å². The lowest BCUT2D eigenvalue weighted by molar-refractivity contribution is -0.734. The van der Waals surface area contributed by atoms with Crippen molar-refractivity contribution < 1.29 is 4.68 Å². The molecule has 2 aromatic rings. The summed E-state index contributed by atoms with van der Waals surface area (Å²) in [5.41, 5.74) is 1.40. The van der Waals surface area contributed by atoms with Crippen molar-refractivity contribution in [2.24, 2.45) is 4.99 Å². The largest absolute Gasteiger partial charge is 0.355 e. The van der Waals surface area contributed by atoms with E-state index in [0.717, 1.165) is 5.56 Å². The van der Waals surface area contributed by atoms with Gasteiger partial charge in [-0.15, -0.1) is 5.21 Å². The summed E-state index contributed by atoms with van der Waals surface area (Å²) in [4.78, 5) is 6.09. The second-order valence-electron chi connectivity index (χ2n) is 4.28. The number of hydrogen-bond acceptors (Lipinski definition) is 3. The molecule has 1 heterocycles.